The maximum absolute atomic E-state index is 9.06. The Labute approximate surface area is 139 Å². The summed E-state index contributed by atoms with van der Waals surface area (Å²) < 4.78 is 5.68. The zero-order valence-electron chi connectivity index (χ0n) is 13.8. The number of nitrogens with zero attached hydrogens (tertiary/aromatic N) is 3. The van der Waals surface area contributed by atoms with E-state index >= 15 is 0 Å². The Morgan fingerprint density at radius 1 is 1.30 bits per heavy atom. The second kappa shape index (κ2) is 7.63. The van der Waals surface area contributed by atoms with Crippen molar-refractivity contribution in [3.63, 3.8) is 0 Å². The van der Waals surface area contributed by atoms with Crippen molar-refractivity contribution in [3.05, 3.63) is 47.7 Å². The fourth-order valence-electron chi connectivity index (χ4n) is 3.42. The predicted octanol–water partition coefficient (Wildman–Crippen LogP) is 2.93. The molecule has 2 aliphatic rings. The first-order valence-corrected chi connectivity index (χ1v) is 8.53. The fraction of sp³-hybridized carbons (Fsp3) is 0.526. The van der Waals surface area contributed by atoms with Crippen molar-refractivity contribution in [2.75, 3.05) is 32.7 Å². The summed E-state index contributed by atoms with van der Waals surface area (Å²) in [5.41, 5.74) is 1.98. The van der Waals surface area contributed by atoms with E-state index in [9.17, 15) is 0 Å². The topological polar surface area (TPSA) is 39.5 Å². The Balaban J connectivity index is 1.51. The van der Waals surface area contributed by atoms with E-state index in [1.54, 1.807) is 0 Å². The summed E-state index contributed by atoms with van der Waals surface area (Å²) in [5, 5.41) is 9.06. The van der Waals surface area contributed by atoms with Gasteiger partial charge in [0.25, 0.3) is 0 Å². The van der Waals surface area contributed by atoms with E-state index < -0.39 is 0 Å². The highest BCUT2D eigenvalue weighted by Crippen LogP contribution is 2.23. The molecule has 3 rings (SSSR count). The van der Waals surface area contributed by atoms with Gasteiger partial charge in [-0.3, -0.25) is 9.80 Å². The molecule has 1 saturated heterocycles. The molecule has 0 N–H and O–H groups in total. The van der Waals surface area contributed by atoms with Crippen LogP contribution < -0.4 is 0 Å². The lowest BCUT2D eigenvalue weighted by Gasteiger charge is -2.39. The molecule has 4 heteroatoms. The van der Waals surface area contributed by atoms with Crippen LogP contribution in [0.3, 0.4) is 0 Å². The molecule has 122 valence electrons. The van der Waals surface area contributed by atoms with E-state index in [4.69, 9.17) is 10.00 Å². The average molecular weight is 311 g/mol. The van der Waals surface area contributed by atoms with Gasteiger partial charge in [0.2, 0.25) is 0 Å². The highest BCUT2D eigenvalue weighted by atomic mass is 16.5. The maximum Gasteiger partial charge on any atom is 0.111 e. The van der Waals surface area contributed by atoms with Crippen LogP contribution in [0.2, 0.25) is 0 Å². The molecule has 0 bridgehead atoms. The van der Waals surface area contributed by atoms with Crippen molar-refractivity contribution in [1.82, 2.24) is 9.80 Å². The Morgan fingerprint density at radius 2 is 2.13 bits per heavy atom. The van der Waals surface area contributed by atoms with Crippen molar-refractivity contribution in [3.8, 4) is 6.07 Å². The Kier molecular flexibility index (Phi) is 5.32. The van der Waals surface area contributed by atoms with Crippen molar-refractivity contribution in [2.24, 2.45) is 0 Å². The number of allylic oxidation sites excluding steroid dienone is 1. The third-order valence-corrected chi connectivity index (χ3v) is 4.94. The number of piperazine rings is 1. The number of nitriles is 1. The molecule has 0 amide bonds. The first kappa shape index (κ1) is 16.0. The first-order chi connectivity index (χ1) is 11.3. The van der Waals surface area contributed by atoms with Crippen molar-refractivity contribution in [2.45, 2.75) is 31.9 Å². The molecule has 4 nitrogen and oxygen atoms in total. The van der Waals surface area contributed by atoms with Gasteiger partial charge in [-0.2, -0.15) is 5.26 Å². The van der Waals surface area contributed by atoms with E-state index in [1.165, 1.54) is 5.56 Å². The van der Waals surface area contributed by atoms with Crippen molar-refractivity contribution >= 4 is 0 Å². The second-order valence-electron chi connectivity index (χ2n) is 6.46. The molecular weight excluding hydrogens is 286 g/mol. The predicted molar refractivity (Wildman–Crippen MR) is 90.8 cm³/mol. The van der Waals surface area contributed by atoms with Gasteiger partial charge in [-0.25, -0.2) is 0 Å². The zero-order valence-corrected chi connectivity index (χ0v) is 13.8. The highest BCUT2D eigenvalue weighted by Gasteiger charge is 2.24. The molecule has 1 aromatic rings. The van der Waals surface area contributed by atoms with Crippen LogP contribution in [0.15, 0.2) is 36.6 Å². The lowest BCUT2D eigenvalue weighted by atomic mass is 10.0. The minimum Gasteiger partial charge on any atom is -0.497 e. The average Bonchev–Trinajstić information content (AvgIpc) is 2.63. The van der Waals surface area contributed by atoms with Gasteiger partial charge in [0.05, 0.1) is 17.9 Å². The van der Waals surface area contributed by atoms with Crippen molar-refractivity contribution in [1.29, 1.82) is 5.26 Å². The lowest BCUT2D eigenvalue weighted by molar-refractivity contribution is 0.0436. The Hall–Kier alpha value is -1.83. The third-order valence-electron chi connectivity index (χ3n) is 4.94. The maximum atomic E-state index is 9.06. The molecule has 1 aromatic carbocycles. The molecule has 0 aromatic heterocycles. The van der Waals surface area contributed by atoms with Crippen LogP contribution >= 0.6 is 0 Å². The summed E-state index contributed by atoms with van der Waals surface area (Å²) in [6.45, 7) is 7.59. The van der Waals surface area contributed by atoms with Crippen LogP contribution in [-0.4, -0.2) is 48.6 Å². The molecule has 0 unspecified atom stereocenters. The smallest absolute Gasteiger partial charge is 0.111 e. The highest BCUT2D eigenvalue weighted by molar-refractivity contribution is 5.34. The van der Waals surface area contributed by atoms with Gasteiger partial charge in [-0.15, -0.1) is 0 Å². The van der Waals surface area contributed by atoms with Gasteiger partial charge in [-0.05, 0) is 43.5 Å². The lowest BCUT2D eigenvalue weighted by Crippen LogP contribution is -2.49. The minimum absolute atomic E-state index is 0.358. The molecular formula is C19H25N3O. The quantitative estimate of drug-likeness (QED) is 0.857. The van der Waals surface area contributed by atoms with Crippen LogP contribution in [0.25, 0.3) is 0 Å². The molecule has 0 saturated carbocycles. The van der Waals surface area contributed by atoms with Gasteiger partial charge in [0.15, 0.2) is 0 Å². The number of hydrogen-bond donors (Lipinski definition) is 0. The molecule has 0 radical (unpaired) electrons. The normalized spacial score (nSPS) is 23.9. The summed E-state index contributed by atoms with van der Waals surface area (Å²) in [6.07, 6.45) is 6.58. The van der Waals surface area contributed by atoms with Crippen LogP contribution in [0.4, 0.5) is 0 Å². The van der Waals surface area contributed by atoms with Gasteiger partial charge >= 0.3 is 0 Å². The van der Waals surface area contributed by atoms with Gasteiger partial charge in [-0.1, -0.05) is 12.1 Å². The van der Waals surface area contributed by atoms with Gasteiger partial charge < -0.3 is 4.74 Å². The minimum atomic E-state index is 0.358. The largest absolute Gasteiger partial charge is 0.497 e. The zero-order chi connectivity index (χ0) is 16.1. The standard InChI is InChI=1S/C19H25N3O/c1-16(18-6-4-5-17(13-18)14-20)22-10-8-21(9-11-22)15-19-7-2-3-12-23-19/h3-6,12-13,16,19H,2,7-11,15H2,1H3/t16-,19+/m0/s1. The van der Waals surface area contributed by atoms with Crippen LogP contribution in [0, 0.1) is 11.3 Å². The summed E-state index contributed by atoms with van der Waals surface area (Å²) in [7, 11) is 0. The van der Waals surface area contributed by atoms with E-state index in [-0.39, 0.29) is 0 Å². The summed E-state index contributed by atoms with van der Waals surface area (Å²) in [6, 6.07) is 10.6. The number of ether oxygens (including phenoxy) is 1. The van der Waals surface area contributed by atoms with E-state index in [0.29, 0.717) is 12.1 Å². The van der Waals surface area contributed by atoms with Crippen molar-refractivity contribution < 1.29 is 4.74 Å². The molecule has 1 fully saturated rings. The fourth-order valence-corrected chi connectivity index (χ4v) is 3.42. The molecule has 2 heterocycles. The van der Waals surface area contributed by atoms with Gasteiger partial charge in [0.1, 0.15) is 6.10 Å². The van der Waals surface area contributed by atoms with Crippen LogP contribution in [-0.2, 0) is 4.74 Å². The second-order valence-corrected chi connectivity index (χ2v) is 6.46. The number of rotatable bonds is 4. The first-order valence-electron chi connectivity index (χ1n) is 8.53. The SMILES string of the molecule is C[C@@H](c1cccc(C#N)c1)N1CCN(C[C@H]2CCC=CO2)CC1. The van der Waals surface area contributed by atoms with Crippen LogP contribution in [0.1, 0.15) is 36.9 Å². The van der Waals surface area contributed by atoms with Gasteiger partial charge in [0, 0.05) is 38.8 Å². The molecule has 0 aliphatic carbocycles. The number of benzene rings is 1. The Bertz CT molecular complexity index is 585. The summed E-state index contributed by atoms with van der Waals surface area (Å²) >= 11 is 0. The van der Waals surface area contributed by atoms with E-state index in [1.807, 2.05) is 24.5 Å². The molecule has 23 heavy (non-hydrogen) atoms. The summed E-state index contributed by atoms with van der Waals surface area (Å²) in [4.78, 5) is 5.02. The molecule has 2 aliphatic heterocycles. The molecule has 0 spiro atoms. The number of hydrogen-bond acceptors (Lipinski definition) is 4. The monoisotopic (exact) mass is 311 g/mol. The summed E-state index contributed by atoms with van der Waals surface area (Å²) in [5.74, 6) is 0. The van der Waals surface area contributed by atoms with E-state index in [2.05, 4.69) is 34.9 Å². The Morgan fingerprint density at radius 3 is 2.83 bits per heavy atom. The molecule has 2 atom stereocenters. The van der Waals surface area contributed by atoms with E-state index in [0.717, 1.165) is 51.1 Å². The third kappa shape index (κ3) is 4.13. The van der Waals surface area contributed by atoms with Crippen LogP contribution in [0.5, 0.6) is 0 Å².